The molecule has 0 spiro atoms. The normalized spacial score (nSPS) is 32.8. The zero-order valence-electron chi connectivity index (χ0n) is 8.45. The third-order valence-electron chi connectivity index (χ3n) is 2.85. The second kappa shape index (κ2) is 4.24. The Morgan fingerprint density at radius 1 is 1.42 bits per heavy atom. The van der Waals surface area contributed by atoms with Crippen molar-refractivity contribution in [2.75, 3.05) is 13.1 Å². The minimum atomic E-state index is -0.0916. The van der Waals surface area contributed by atoms with E-state index in [0.717, 1.165) is 13.0 Å². The highest BCUT2D eigenvalue weighted by atomic mass is 16.3. The summed E-state index contributed by atoms with van der Waals surface area (Å²) in [5, 5.41) is 9.59. The van der Waals surface area contributed by atoms with Crippen LogP contribution in [0.25, 0.3) is 0 Å². The molecule has 1 saturated heterocycles. The summed E-state index contributed by atoms with van der Waals surface area (Å²) in [5.41, 5.74) is 0. The third-order valence-corrected chi connectivity index (χ3v) is 2.85. The lowest BCUT2D eigenvalue weighted by atomic mass is 9.93. The average Bonchev–Trinajstić information content (AvgIpc) is 2.03. The molecule has 2 heteroatoms. The number of β-amino-alcohol motifs (C(OH)–C–C–N with tert-alkyl or cyclic N) is 1. The first-order valence-electron chi connectivity index (χ1n) is 5.05. The SMILES string of the molecule is CCC1CC(O)CN(C(C)C)C1. The Hall–Kier alpha value is -0.0800. The first-order valence-corrected chi connectivity index (χ1v) is 5.05. The summed E-state index contributed by atoms with van der Waals surface area (Å²) < 4.78 is 0. The Kier molecular flexibility index (Phi) is 3.53. The maximum atomic E-state index is 9.59. The molecule has 2 unspecified atom stereocenters. The molecular formula is C10H21NO. The van der Waals surface area contributed by atoms with Gasteiger partial charge in [0.25, 0.3) is 0 Å². The molecule has 0 aromatic carbocycles. The van der Waals surface area contributed by atoms with Crippen LogP contribution in [-0.4, -0.2) is 35.2 Å². The Balaban J connectivity index is 2.45. The van der Waals surface area contributed by atoms with E-state index >= 15 is 0 Å². The number of aliphatic hydroxyl groups excluding tert-OH is 1. The van der Waals surface area contributed by atoms with Crippen LogP contribution in [-0.2, 0) is 0 Å². The standard InChI is InChI=1S/C10H21NO/c1-4-9-5-10(12)7-11(6-9)8(2)3/h8-10,12H,4-7H2,1-3H3. The highest BCUT2D eigenvalue weighted by molar-refractivity contribution is 4.79. The van der Waals surface area contributed by atoms with Crippen LogP contribution in [0.1, 0.15) is 33.6 Å². The quantitative estimate of drug-likeness (QED) is 0.680. The Bertz CT molecular complexity index is 136. The lowest BCUT2D eigenvalue weighted by Crippen LogP contribution is -2.46. The smallest absolute Gasteiger partial charge is 0.0670 e. The molecule has 0 radical (unpaired) electrons. The van der Waals surface area contributed by atoms with E-state index in [2.05, 4.69) is 25.7 Å². The first-order chi connectivity index (χ1) is 5.63. The second-order valence-corrected chi connectivity index (χ2v) is 4.21. The van der Waals surface area contributed by atoms with Gasteiger partial charge in [-0.2, -0.15) is 0 Å². The fourth-order valence-corrected chi connectivity index (χ4v) is 1.93. The number of hydrogen-bond donors (Lipinski definition) is 1. The molecule has 1 rings (SSSR count). The summed E-state index contributed by atoms with van der Waals surface area (Å²) in [6, 6.07) is 0.578. The van der Waals surface area contributed by atoms with E-state index < -0.39 is 0 Å². The van der Waals surface area contributed by atoms with E-state index in [0.29, 0.717) is 12.0 Å². The summed E-state index contributed by atoms with van der Waals surface area (Å²) >= 11 is 0. The maximum Gasteiger partial charge on any atom is 0.0670 e. The number of piperidine rings is 1. The van der Waals surface area contributed by atoms with E-state index in [1.54, 1.807) is 0 Å². The van der Waals surface area contributed by atoms with Gasteiger partial charge in [0, 0.05) is 19.1 Å². The molecule has 1 aliphatic rings. The van der Waals surface area contributed by atoms with Crippen molar-refractivity contribution in [1.29, 1.82) is 0 Å². The largest absolute Gasteiger partial charge is 0.392 e. The average molecular weight is 171 g/mol. The first kappa shape index (κ1) is 10.0. The monoisotopic (exact) mass is 171 g/mol. The molecule has 0 saturated carbocycles. The second-order valence-electron chi connectivity index (χ2n) is 4.21. The van der Waals surface area contributed by atoms with Crippen LogP contribution < -0.4 is 0 Å². The van der Waals surface area contributed by atoms with Gasteiger partial charge in [-0.15, -0.1) is 0 Å². The predicted molar refractivity (Wildman–Crippen MR) is 51.1 cm³/mol. The van der Waals surface area contributed by atoms with Gasteiger partial charge >= 0.3 is 0 Å². The van der Waals surface area contributed by atoms with Crippen molar-refractivity contribution >= 4 is 0 Å². The van der Waals surface area contributed by atoms with Gasteiger partial charge in [0.2, 0.25) is 0 Å². The van der Waals surface area contributed by atoms with Gasteiger partial charge in [-0.05, 0) is 26.2 Å². The van der Waals surface area contributed by atoms with Gasteiger partial charge < -0.3 is 5.11 Å². The maximum absolute atomic E-state index is 9.59. The summed E-state index contributed by atoms with van der Waals surface area (Å²) in [4.78, 5) is 2.38. The third kappa shape index (κ3) is 2.46. The van der Waals surface area contributed by atoms with Gasteiger partial charge in [0.05, 0.1) is 6.10 Å². The molecule has 1 fully saturated rings. The van der Waals surface area contributed by atoms with Gasteiger partial charge in [-0.25, -0.2) is 0 Å². The fourth-order valence-electron chi connectivity index (χ4n) is 1.93. The van der Waals surface area contributed by atoms with Gasteiger partial charge in [-0.3, -0.25) is 4.90 Å². The van der Waals surface area contributed by atoms with Crippen molar-refractivity contribution < 1.29 is 5.11 Å². The number of likely N-dealkylation sites (tertiary alicyclic amines) is 1. The minimum absolute atomic E-state index is 0.0916. The molecule has 0 amide bonds. The van der Waals surface area contributed by atoms with Crippen LogP contribution in [0.4, 0.5) is 0 Å². The van der Waals surface area contributed by atoms with E-state index in [1.165, 1.54) is 13.0 Å². The molecule has 0 aliphatic carbocycles. The topological polar surface area (TPSA) is 23.5 Å². The molecule has 0 bridgehead atoms. The molecule has 0 aromatic heterocycles. The van der Waals surface area contributed by atoms with Crippen molar-refractivity contribution in [3.05, 3.63) is 0 Å². The highest BCUT2D eigenvalue weighted by Crippen LogP contribution is 2.20. The zero-order chi connectivity index (χ0) is 9.14. The molecule has 1 aliphatic heterocycles. The zero-order valence-corrected chi connectivity index (χ0v) is 8.45. The molecule has 0 aromatic rings. The lowest BCUT2D eigenvalue weighted by Gasteiger charge is -2.37. The Labute approximate surface area is 75.6 Å². The summed E-state index contributed by atoms with van der Waals surface area (Å²) in [6.07, 6.45) is 2.10. The van der Waals surface area contributed by atoms with E-state index in [-0.39, 0.29) is 6.10 Å². The number of aliphatic hydroxyl groups is 1. The lowest BCUT2D eigenvalue weighted by molar-refractivity contribution is 0.0238. The molecular weight excluding hydrogens is 150 g/mol. The summed E-state index contributed by atoms with van der Waals surface area (Å²) in [5.74, 6) is 0.705. The number of nitrogens with zero attached hydrogens (tertiary/aromatic N) is 1. The molecule has 2 atom stereocenters. The minimum Gasteiger partial charge on any atom is -0.392 e. The van der Waals surface area contributed by atoms with Crippen molar-refractivity contribution in [2.45, 2.75) is 45.8 Å². The van der Waals surface area contributed by atoms with Crippen LogP contribution in [0, 0.1) is 5.92 Å². The number of rotatable bonds is 2. The predicted octanol–water partition coefficient (Wildman–Crippen LogP) is 1.49. The van der Waals surface area contributed by atoms with Crippen molar-refractivity contribution in [3.8, 4) is 0 Å². The van der Waals surface area contributed by atoms with Crippen LogP contribution in [0.5, 0.6) is 0 Å². The van der Waals surface area contributed by atoms with Crippen molar-refractivity contribution in [1.82, 2.24) is 4.90 Å². The van der Waals surface area contributed by atoms with Gasteiger partial charge in [0.1, 0.15) is 0 Å². The Morgan fingerprint density at radius 3 is 2.58 bits per heavy atom. The van der Waals surface area contributed by atoms with Crippen LogP contribution in [0.3, 0.4) is 0 Å². The van der Waals surface area contributed by atoms with Crippen molar-refractivity contribution in [3.63, 3.8) is 0 Å². The molecule has 1 heterocycles. The van der Waals surface area contributed by atoms with E-state index in [9.17, 15) is 5.11 Å². The summed E-state index contributed by atoms with van der Waals surface area (Å²) in [7, 11) is 0. The van der Waals surface area contributed by atoms with Gasteiger partial charge in [-0.1, -0.05) is 13.3 Å². The molecule has 2 nitrogen and oxygen atoms in total. The van der Waals surface area contributed by atoms with Crippen LogP contribution >= 0.6 is 0 Å². The van der Waals surface area contributed by atoms with Crippen LogP contribution in [0.15, 0.2) is 0 Å². The highest BCUT2D eigenvalue weighted by Gasteiger charge is 2.25. The van der Waals surface area contributed by atoms with Crippen LogP contribution in [0.2, 0.25) is 0 Å². The van der Waals surface area contributed by atoms with E-state index in [4.69, 9.17) is 0 Å². The summed E-state index contributed by atoms with van der Waals surface area (Å²) in [6.45, 7) is 8.65. The fraction of sp³-hybridized carbons (Fsp3) is 1.00. The molecule has 72 valence electrons. The van der Waals surface area contributed by atoms with Crippen molar-refractivity contribution in [2.24, 2.45) is 5.92 Å². The Morgan fingerprint density at radius 2 is 2.08 bits per heavy atom. The molecule has 12 heavy (non-hydrogen) atoms. The molecule has 1 N–H and O–H groups in total. The van der Waals surface area contributed by atoms with E-state index in [1.807, 2.05) is 0 Å². The number of hydrogen-bond acceptors (Lipinski definition) is 2. The van der Waals surface area contributed by atoms with Gasteiger partial charge in [0.15, 0.2) is 0 Å².